The molecule has 3 aromatic rings. The molecular formula is C25H27N3O7. The van der Waals surface area contributed by atoms with Gasteiger partial charge in [0.05, 0.1) is 14.2 Å². The number of rotatable bonds is 6. The van der Waals surface area contributed by atoms with Gasteiger partial charge in [0.15, 0.2) is 5.76 Å². The minimum atomic E-state index is -1.43. The summed E-state index contributed by atoms with van der Waals surface area (Å²) in [5.74, 6) is 0.704. The van der Waals surface area contributed by atoms with Crippen molar-refractivity contribution in [1.82, 2.24) is 14.9 Å². The van der Waals surface area contributed by atoms with E-state index >= 15 is 0 Å². The normalized spacial score (nSPS) is 14.9. The van der Waals surface area contributed by atoms with Crippen molar-refractivity contribution in [3.63, 3.8) is 0 Å². The van der Waals surface area contributed by atoms with Gasteiger partial charge < -0.3 is 23.9 Å². The number of oxazole rings is 1. The number of hydrogen-bond donors (Lipinski definition) is 2. The summed E-state index contributed by atoms with van der Waals surface area (Å²) in [5, 5.41) is 20.2. The highest BCUT2D eigenvalue weighted by atomic mass is 16.5. The van der Waals surface area contributed by atoms with Gasteiger partial charge in [-0.3, -0.25) is 10.0 Å². The third-order valence-corrected chi connectivity index (χ3v) is 6.31. The molecule has 2 N–H and O–H groups in total. The number of carbonyl (C=O) groups excluding carboxylic acids is 1. The molecule has 184 valence electrons. The van der Waals surface area contributed by atoms with Crippen molar-refractivity contribution < 1.29 is 33.8 Å². The van der Waals surface area contributed by atoms with Crippen molar-refractivity contribution >= 4 is 12.0 Å². The second kappa shape index (κ2) is 9.67. The van der Waals surface area contributed by atoms with Crippen LogP contribution in [0.2, 0.25) is 0 Å². The smallest absolute Gasteiger partial charge is 0.343 e. The van der Waals surface area contributed by atoms with Gasteiger partial charge in [-0.2, -0.15) is 0 Å². The Balaban J connectivity index is 1.80. The Morgan fingerprint density at radius 2 is 1.69 bits per heavy atom. The van der Waals surface area contributed by atoms with E-state index in [9.17, 15) is 19.9 Å². The predicted molar refractivity (Wildman–Crippen MR) is 126 cm³/mol. The third-order valence-electron chi connectivity index (χ3n) is 6.31. The number of amides is 2. The zero-order valence-electron chi connectivity index (χ0n) is 19.7. The molecule has 1 aromatic heterocycles. The van der Waals surface area contributed by atoms with Crippen LogP contribution < -0.4 is 9.47 Å². The Morgan fingerprint density at radius 3 is 2.26 bits per heavy atom. The lowest BCUT2D eigenvalue weighted by Crippen LogP contribution is -2.51. The van der Waals surface area contributed by atoms with Gasteiger partial charge in [0, 0.05) is 31.3 Å². The zero-order chi connectivity index (χ0) is 25.2. The molecule has 0 radical (unpaired) electrons. The van der Waals surface area contributed by atoms with Crippen LogP contribution in [0.5, 0.6) is 11.5 Å². The van der Waals surface area contributed by atoms with Crippen LogP contribution in [-0.2, 0) is 10.2 Å². The summed E-state index contributed by atoms with van der Waals surface area (Å²) in [5.41, 5.74) is 0.472. The van der Waals surface area contributed by atoms with Gasteiger partial charge in [-0.25, -0.2) is 14.8 Å². The molecule has 35 heavy (non-hydrogen) atoms. The van der Waals surface area contributed by atoms with Crippen LogP contribution in [0.3, 0.4) is 0 Å². The number of methoxy groups -OCH3 is 2. The first-order valence-electron chi connectivity index (χ1n) is 11.0. The van der Waals surface area contributed by atoms with E-state index < -0.39 is 17.4 Å². The Bertz CT molecular complexity index is 1210. The van der Waals surface area contributed by atoms with E-state index in [-0.39, 0.29) is 31.8 Å². The highest BCUT2D eigenvalue weighted by molar-refractivity contribution is 5.83. The van der Waals surface area contributed by atoms with Crippen LogP contribution in [0.4, 0.5) is 4.79 Å². The topological polar surface area (TPSA) is 126 Å². The average Bonchev–Trinajstić information content (AvgIpc) is 3.34. The SMILES string of the molecule is COc1ccc(-c2oc(C3(C(=O)O)CCN(C(=O)N(C)O)CC3)nc2-c2cccc(OC)c2)cc1. The molecule has 2 amide bonds. The quantitative estimate of drug-likeness (QED) is 0.401. The lowest BCUT2D eigenvalue weighted by molar-refractivity contribution is -0.147. The van der Waals surface area contributed by atoms with Crippen molar-refractivity contribution in [3.8, 4) is 34.1 Å². The number of ether oxygens (including phenoxy) is 2. The zero-order valence-corrected chi connectivity index (χ0v) is 19.7. The molecule has 0 aliphatic carbocycles. The number of carboxylic acids is 1. The third kappa shape index (κ3) is 4.52. The van der Waals surface area contributed by atoms with Crippen molar-refractivity contribution in [1.29, 1.82) is 0 Å². The maximum Gasteiger partial charge on any atom is 0.343 e. The van der Waals surface area contributed by atoms with Gasteiger partial charge >= 0.3 is 12.0 Å². The number of nitrogens with zero attached hydrogens (tertiary/aromatic N) is 3. The average molecular weight is 482 g/mol. The van der Waals surface area contributed by atoms with Gasteiger partial charge in [-0.1, -0.05) is 12.1 Å². The van der Waals surface area contributed by atoms with Crippen LogP contribution in [0.1, 0.15) is 18.7 Å². The summed E-state index contributed by atoms with van der Waals surface area (Å²) in [6.07, 6.45) is 0.171. The van der Waals surface area contributed by atoms with Gasteiger partial charge in [0.2, 0.25) is 5.89 Å². The van der Waals surface area contributed by atoms with Gasteiger partial charge in [0.1, 0.15) is 22.6 Å². The summed E-state index contributed by atoms with van der Waals surface area (Å²) in [4.78, 5) is 30.8. The van der Waals surface area contributed by atoms with Crippen LogP contribution in [-0.4, -0.2) is 71.6 Å². The molecular weight excluding hydrogens is 454 g/mol. The number of carboxylic acid groups (broad SMARTS) is 1. The molecule has 1 saturated heterocycles. The molecule has 0 saturated carbocycles. The van der Waals surface area contributed by atoms with E-state index in [1.54, 1.807) is 38.5 Å². The van der Waals surface area contributed by atoms with E-state index in [2.05, 4.69) is 0 Å². The minimum Gasteiger partial charge on any atom is -0.497 e. The van der Waals surface area contributed by atoms with E-state index in [0.717, 1.165) is 0 Å². The molecule has 1 fully saturated rings. The fourth-order valence-corrected chi connectivity index (χ4v) is 4.23. The number of hydrogen-bond acceptors (Lipinski definition) is 7. The number of benzene rings is 2. The molecule has 10 heteroatoms. The van der Waals surface area contributed by atoms with Crippen molar-refractivity contribution in [2.24, 2.45) is 0 Å². The van der Waals surface area contributed by atoms with Gasteiger partial charge in [0.25, 0.3) is 0 Å². The fraction of sp³-hybridized carbons (Fsp3) is 0.320. The molecule has 1 aliphatic rings. The number of aromatic nitrogens is 1. The molecule has 0 spiro atoms. The number of carbonyl (C=O) groups is 2. The van der Waals surface area contributed by atoms with Crippen LogP contribution >= 0.6 is 0 Å². The van der Waals surface area contributed by atoms with E-state index in [4.69, 9.17) is 18.9 Å². The number of likely N-dealkylation sites (tertiary alicyclic amines) is 1. The molecule has 10 nitrogen and oxygen atoms in total. The monoisotopic (exact) mass is 481 g/mol. The van der Waals surface area contributed by atoms with E-state index in [1.165, 1.54) is 11.9 Å². The highest BCUT2D eigenvalue weighted by Crippen LogP contribution is 2.42. The lowest BCUT2D eigenvalue weighted by Gasteiger charge is -2.37. The van der Waals surface area contributed by atoms with Gasteiger partial charge in [-0.15, -0.1) is 0 Å². The van der Waals surface area contributed by atoms with E-state index in [0.29, 0.717) is 39.1 Å². The Morgan fingerprint density at radius 1 is 1.03 bits per heavy atom. The van der Waals surface area contributed by atoms with E-state index in [1.807, 2.05) is 24.3 Å². The summed E-state index contributed by atoms with van der Waals surface area (Å²) < 4.78 is 16.8. The first-order chi connectivity index (χ1) is 16.8. The lowest BCUT2D eigenvalue weighted by atomic mass is 9.78. The molecule has 0 atom stereocenters. The molecule has 0 unspecified atom stereocenters. The molecule has 0 bridgehead atoms. The summed E-state index contributed by atoms with van der Waals surface area (Å²) in [6, 6.07) is 13.9. The summed E-state index contributed by atoms with van der Waals surface area (Å²) >= 11 is 0. The van der Waals surface area contributed by atoms with Gasteiger partial charge in [-0.05, 0) is 49.2 Å². The molecule has 4 rings (SSSR count). The van der Waals surface area contributed by atoms with Crippen LogP contribution in [0.25, 0.3) is 22.6 Å². The number of aliphatic carboxylic acids is 1. The maximum atomic E-state index is 12.6. The first kappa shape index (κ1) is 24.1. The second-order valence-electron chi connectivity index (χ2n) is 8.34. The second-order valence-corrected chi connectivity index (χ2v) is 8.34. The summed E-state index contributed by atoms with van der Waals surface area (Å²) in [6.45, 7) is 0.259. The number of urea groups is 1. The number of piperidine rings is 1. The predicted octanol–water partition coefficient (Wildman–Crippen LogP) is 3.89. The van der Waals surface area contributed by atoms with Crippen LogP contribution in [0, 0.1) is 0 Å². The molecule has 2 heterocycles. The minimum absolute atomic E-state index is 0.0677. The highest BCUT2D eigenvalue weighted by Gasteiger charge is 2.49. The Kier molecular flexibility index (Phi) is 6.65. The number of hydroxylamine groups is 2. The Hall–Kier alpha value is -4.05. The van der Waals surface area contributed by atoms with Crippen molar-refractivity contribution in [2.75, 3.05) is 34.4 Å². The molecule has 1 aliphatic heterocycles. The standard InChI is InChI=1S/C25H27N3O7/c1-27(32)24(31)28-13-11-25(12-14-28,23(29)30)22-26-20(17-5-4-6-19(15-17)34-3)21(35-22)16-7-9-18(33-2)10-8-16/h4-10,15,32H,11-14H2,1-3H3,(H,29,30). The fourth-order valence-electron chi connectivity index (χ4n) is 4.23. The Labute approximate surface area is 202 Å². The largest absolute Gasteiger partial charge is 0.497 e. The van der Waals surface area contributed by atoms with Crippen LogP contribution in [0.15, 0.2) is 52.9 Å². The molecule has 2 aromatic carbocycles. The van der Waals surface area contributed by atoms with Crippen molar-refractivity contribution in [2.45, 2.75) is 18.3 Å². The van der Waals surface area contributed by atoms with Crippen molar-refractivity contribution in [3.05, 3.63) is 54.4 Å². The maximum absolute atomic E-state index is 12.6. The first-order valence-corrected chi connectivity index (χ1v) is 11.0. The summed E-state index contributed by atoms with van der Waals surface area (Å²) in [7, 11) is 4.37.